The lowest BCUT2D eigenvalue weighted by Crippen LogP contribution is -2.53. The van der Waals surface area contributed by atoms with E-state index in [1.807, 2.05) is 0 Å². The maximum atomic E-state index is 11.9. The second-order valence-corrected chi connectivity index (χ2v) is 5.93. The molecule has 100 valence electrons. The molecule has 18 heavy (non-hydrogen) atoms. The Morgan fingerprint density at radius 2 is 2.00 bits per heavy atom. The summed E-state index contributed by atoms with van der Waals surface area (Å²) in [5.41, 5.74) is -1.32. The molecule has 0 heterocycles. The third-order valence-corrected chi connectivity index (χ3v) is 3.31. The lowest BCUT2D eigenvalue weighted by molar-refractivity contribution is -0.132. The fourth-order valence-corrected chi connectivity index (χ4v) is 1.98. The van der Waals surface area contributed by atoms with Crippen LogP contribution in [0.5, 0.6) is 0 Å². The van der Waals surface area contributed by atoms with Crippen molar-refractivity contribution in [3.05, 3.63) is 0 Å². The third kappa shape index (κ3) is 2.81. The first-order chi connectivity index (χ1) is 8.11. The normalized spacial score (nSPS) is 19.4. The largest absolute Gasteiger partial charge is 0.444 e. The third-order valence-electron chi connectivity index (χ3n) is 3.31. The first kappa shape index (κ1) is 14.5. The molecule has 1 unspecified atom stereocenters. The SMILES string of the molecule is CC(N(C)C(=O)OC(C)(C)C)C1(C#N)CC(=O)C1. The highest BCUT2D eigenvalue weighted by Gasteiger charge is 2.50. The van der Waals surface area contributed by atoms with Crippen molar-refractivity contribution in [1.29, 1.82) is 5.26 Å². The minimum atomic E-state index is -0.747. The average Bonchev–Trinajstić information content (AvgIpc) is 2.19. The first-order valence-electron chi connectivity index (χ1n) is 6.00. The van der Waals surface area contributed by atoms with Gasteiger partial charge in [0, 0.05) is 19.9 Å². The first-order valence-corrected chi connectivity index (χ1v) is 6.00. The Hall–Kier alpha value is -1.57. The summed E-state index contributed by atoms with van der Waals surface area (Å²) < 4.78 is 5.25. The van der Waals surface area contributed by atoms with Crippen molar-refractivity contribution in [2.24, 2.45) is 5.41 Å². The van der Waals surface area contributed by atoms with Gasteiger partial charge in [-0.2, -0.15) is 5.26 Å². The van der Waals surface area contributed by atoms with Gasteiger partial charge in [-0.25, -0.2) is 4.79 Å². The topological polar surface area (TPSA) is 70.4 Å². The van der Waals surface area contributed by atoms with Gasteiger partial charge in [-0.1, -0.05) is 0 Å². The predicted octanol–water partition coefficient (Wildman–Crippen LogP) is 2.11. The zero-order chi connectivity index (χ0) is 14.1. The van der Waals surface area contributed by atoms with Crippen LogP contribution >= 0.6 is 0 Å². The minimum Gasteiger partial charge on any atom is -0.444 e. The highest BCUT2D eigenvalue weighted by molar-refractivity contribution is 5.88. The lowest BCUT2D eigenvalue weighted by atomic mass is 9.64. The van der Waals surface area contributed by atoms with Crippen LogP contribution in [0.25, 0.3) is 0 Å². The number of ether oxygens (including phenoxy) is 1. The van der Waals surface area contributed by atoms with E-state index < -0.39 is 17.1 Å². The second-order valence-electron chi connectivity index (χ2n) is 5.93. The summed E-state index contributed by atoms with van der Waals surface area (Å²) in [5.74, 6) is 0.0704. The van der Waals surface area contributed by atoms with Crippen molar-refractivity contribution in [2.75, 3.05) is 7.05 Å². The average molecular weight is 252 g/mol. The van der Waals surface area contributed by atoms with Crippen molar-refractivity contribution in [2.45, 2.75) is 52.2 Å². The Balaban J connectivity index is 2.73. The van der Waals surface area contributed by atoms with Crippen LogP contribution in [0.15, 0.2) is 0 Å². The molecule has 1 amide bonds. The molecule has 0 aliphatic heterocycles. The Bertz CT molecular complexity index is 395. The molecule has 0 bridgehead atoms. The van der Waals surface area contributed by atoms with Crippen LogP contribution in [0, 0.1) is 16.7 Å². The van der Waals surface area contributed by atoms with Gasteiger partial charge < -0.3 is 9.64 Å². The van der Waals surface area contributed by atoms with Crippen molar-refractivity contribution in [3.8, 4) is 6.07 Å². The monoisotopic (exact) mass is 252 g/mol. The number of hydrogen-bond acceptors (Lipinski definition) is 4. The number of carbonyl (C=O) groups is 2. The van der Waals surface area contributed by atoms with E-state index in [4.69, 9.17) is 4.74 Å². The predicted molar refractivity (Wildman–Crippen MR) is 65.7 cm³/mol. The van der Waals surface area contributed by atoms with Gasteiger partial charge >= 0.3 is 6.09 Å². The number of nitriles is 1. The zero-order valence-corrected chi connectivity index (χ0v) is 11.6. The van der Waals surface area contributed by atoms with Crippen LogP contribution < -0.4 is 0 Å². The van der Waals surface area contributed by atoms with Crippen molar-refractivity contribution in [1.82, 2.24) is 4.90 Å². The summed E-state index contributed by atoms with van der Waals surface area (Å²) in [7, 11) is 1.60. The molecule has 1 rings (SSSR count). The molecule has 0 aromatic carbocycles. The Morgan fingerprint density at radius 3 is 2.33 bits per heavy atom. The Kier molecular flexibility index (Phi) is 3.70. The Morgan fingerprint density at radius 1 is 1.50 bits per heavy atom. The molecule has 0 aromatic heterocycles. The molecule has 1 saturated carbocycles. The van der Waals surface area contributed by atoms with Crippen molar-refractivity contribution in [3.63, 3.8) is 0 Å². The van der Waals surface area contributed by atoms with Gasteiger partial charge in [-0.15, -0.1) is 0 Å². The molecule has 0 N–H and O–H groups in total. The van der Waals surface area contributed by atoms with Crippen LogP contribution in [-0.4, -0.2) is 35.5 Å². The summed E-state index contributed by atoms with van der Waals surface area (Å²) in [5, 5.41) is 9.21. The highest BCUT2D eigenvalue weighted by atomic mass is 16.6. The molecule has 1 fully saturated rings. The van der Waals surface area contributed by atoms with E-state index in [0.29, 0.717) is 0 Å². The van der Waals surface area contributed by atoms with Gasteiger partial charge in [0.05, 0.1) is 17.5 Å². The number of rotatable bonds is 2. The number of ketones is 1. The molecule has 1 atom stereocenters. The molecule has 5 heteroatoms. The number of nitrogens with zero attached hydrogens (tertiary/aromatic N) is 2. The van der Waals surface area contributed by atoms with E-state index in [1.54, 1.807) is 34.7 Å². The molecular weight excluding hydrogens is 232 g/mol. The number of carbonyl (C=O) groups excluding carboxylic acids is 2. The summed E-state index contributed by atoms with van der Waals surface area (Å²) in [6.45, 7) is 7.14. The highest BCUT2D eigenvalue weighted by Crippen LogP contribution is 2.42. The van der Waals surface area contributed by atoms with Crippen molar-refractivity contribution < 1.29 is 14.3 Å². The van der Waals surface area contributed by atoms with Gasteiger partial charge in [0.15, 0.2) is 0 Å². The maximum absolute atomic E-state index is 11.9. The summed E-state index contributed by atoms with van der Waals surface area (Å²) in [6.07, 6.45) is -0.0285. The standard InChI is InChI=1S/C13H20N2O3/c1-9(13(8-14)6-10(16)7-13)15(5)11(17)18-12(2,3)4/h9H,6-7H2,1-5H3. The molecule has 0 aromatic rings. The van der Waals surface area contributed by atoms with Crippen LogP contribution in [0.4, 0.5) is 4.79 Å². The molecule has 0 spiro atoms. The lowest BCUT2D eigenvalue weighted by Gasteiger charge is -2.43. The minimum absolute atomic E-state index is 0.0704. The smallest absolute Gasteiger partial charge is 0.410 e. The van der Waals surface area contributed by atoms with Crippen LogP contribution in [0.1, 0.15) is 40.5 Å². The second kappa shape index (κ2) is 4.60. The van der Waals surface area contributed by atoms with E-state index in [9.17, 15) is 14.9 Å². The molecule has 0 radical (unpaired) electrons. The van der Waals surface area contributed by atoms with Crippen LogP contribution in [0.2, 0.25) is 0 Å². The maximum Gasteiger partial charge on any atom is 0.410 e. The van der Waals surface area contributed by atoms with E-state index in [2.05, 4.69) is 6.07 Å². The summed E-state index contributed by atoms with van der Waals surface area (Å²) in [4.78, 5) is 24.4. The molecular formula is C13H20N2O3. The fourth-order valence-electron chi connectivity index (χ4n) is 1.98. The van der Waals surface area contributed by atoms with E-state index in [0.717, 1.165) is 0 Å². The van der Waals surface area contributed by atoms with Gasteiger partial charge in [0.2, 0.25) is 0 Å². The molecule has 1 aliphatic rings. The number of Topliss-reactive ketones (excluding diaryl/α,β-unsaturated/α-hetero) is 1. The van der Waals surface area contributed by atoms with Crippen molar-refractivity contribution >= 4 is 11.9 Å². The van der Waals surface area contributed by atoms with Gasteiger partial charge in [-0.05, 0) is 27.7 Å². The van der Waals surface area contributed by atoms with E-state index >= 15 is 0 Å². The Labute approximate surface area is 108 Å². The summed E-state index contributed by atoms with van der Waals surface area (Å²) >= 11 is 0. The molecule has 5 nitrogen and oxygen atoms in total. The fraction of sp³-hybridized carbons (Fsp3) is 0.769. The van der Waals surface area contributed by atoms with Crippen LogP contribution in [-0.2, 0) is 9.53 Å². The van der Waals surface area contributed by atoms with Gasteiger partial charge in [0.25, 0.3) is 0 Å². The van der Waals surface area contributed by atoms with Crippen LogP contribution in [0.3, 0.4) is 0 Å². The van der Waals surface area contributed by atoms with E-state index in [1.165, 1.54) is 4.90 Å². The van der Waals surface area contributed by atoms with E-state index in [-0.39, 0.29) is 24.7 Å². The number of amides is 1. The molecule has 0 saturated heterocycles. The van der Waals surface area contributed by atoms with Gasteiger partial charge in [0.1, 0.15) is 11.4 Å². The molecule has 1 aliphatic carbocycles. The zero-order valence-electron chi connectivity index (χ0n) is 11.6. The number of hydrogen-bond donors (Lipinski definition) is 0. The van der Waals surface area contributed by atoms with Gasteiger partial charge in [-0.3, -0.25) is 4.79 Å². The quantitative estimate of drug-likeness (QED) is 0.754. The summed E-state index contributed by atoms with van der Waals surface area (Å²) in [6, 6.07) is 1.84.